The fraction of sp³-hybridized carbons (Fsp3) is 0.471. The summed E-state index contributed by atoms with van der Waals surface area (Å²) in [6.07, 6.45) is 6.39. The highest BCUT2D eigenvalue weighted by molar-refractivity contribution is 7.09. The van der Waals surface area contributed by atoms with Gasteiger partial charge in [-0.1, -0.05) is 13.0 Å². The minimum absolute atomic E-state index is 0.377. The smallest absolute Gasteiger partial charge is 0.119 e. The molecule has 0 bridgehead atoms. The van der Waals surface area contributed by atoms with Crippen LogP contribution in [0.2, 0.25) is 0 Å². The van der Waals surface area contributed by atoms with Gasteiger partial charge in [-0.25, -0.2) is 4.98 Å². The molecular formula is C17H22N2OS. The van der Waals surface area contributed by atoms with Gasteiger partial charge in [0.05, 0.1) is 13.2 Å². The van der Waals surface area contributed by atoms with Gasteiger partial charge in [-0.05, 0) is 48.9 Å². The van der Waals surface area contributed by atoms with Crippen LogP contribution in [0, 0.1) is 0 Å². The largest absolute Gasteiger partial charge is 0.497 e. The molecule has 112 valence electrons. The molecule has 1 aromatic carbocycles. The van der Waals surface area contributed by atoms with Gasteiger partial charge in [0.25, 0.3) is 0 Å². The van der Waals surface area contributed by atoms with Crippen LogP contribution in [0.5, 0.6) is 5.75 Å². The Morgan fingerprint density at radius 2 is 2.33 bits per heavy atom. The van der Waals surface area contributed by atoms with Crippen LogP contribution < -0.4 is 10.1 Å². The summed E-state index contributed by atoms with van der Waals surface area (Å²) in [7, 11) is 1.73. The number of thiazole rings is 1. The first-order valence-electron chi connectivity index (χ1n) is 7.61. The van der Waals surface area contributed by atoms with Gasteiger partial charge < -0.3 is 10.1 Å². The first kappa shape index (κ1) is 14.5. The Bertz CT molecular complexity index is 582. The van der Waals surface area contributed by atoms with Crippen LogP contribution in [0.1, 0.15) is 41.9 Å². The first-order chi connectivity index (χ1) is 10.3. The van der Waals surface area contributed by atoms with Gasteiger partial charge in [-0.3, -0.25) is 0 Å². The molecule has 0 saturated carbocycles. The third kappa shape index (κ3) is 3.27. The fourth-order valence-corrected chi connectivity index (χ4v) is 3.84. The highest BCUT2D eigenvalue weighted by atomic mass is 32.1. The minimum Gasteiger partial charge on any atom is -0.497 e. The monoisotopic (exact) mass is 302 g/mol. The number of benzene rings is 1. The van der Waals surface area contributed by atoms with Crippen molar-refractivity contribution in [1.29, 1.82) is 0 Å². The Kier molecular flexibility index (Phi) is 4.56. The number of fused-ring (bicyclic) bond motifs is 1. The van der Waals surface area contributed by atoms with E-state index in [0.29, 0.717) is 12.1 Å². The van der Waals surface area contributed by atoms with Crippen molar-refractivity contribution in [2.24, 2.45) is 0 Å². The molecule has 2 aromatic rings. The quantitative estimate of drug-likeness (QED) is 0.913. The van der Waals surface area contributed by atoms with Crippen LogP contribution in [0.25, 0.3) is 0 Å². The zero-order valence-corrected chi connectivity index (χ0v) is 13.5. The van der Waals surface area contributed by atoms with E-state index in [1.165, 1.54) is 22.6 Å². The van der Waals surface area contributed by atoms with Crippen LogP contribution >= 0.6 is 11.3 Å². The Hall–Kier alpha value is -1.39. The van der Waals surface area contributed by atoms with Crippen molar-refractivity contribution >= 4 is 11.3 Å². The number of rotatable bonds is 5. The van der Waals surface area contributed by atoms with Crippen molar-refractivity contribution in [2.75, 3.05) is 7.11 Å². The van der Waals surface area contributed by atoms with Gasteiger partial charge in [-0.2, -0.15) is 0 Å². The lowest BCUT2D eigenvalue weighted by atomic mass is 9.87. The van der Waals surface area contributed by atoms with Crippen LogP contribution in [-0.2, 0) is 12.8 Å². The van der Waals surface area contributed by atoms with E-state index in [0.717, 1.165) is 25.0 Å². The maximum Gasteiger partial charge on any atom is 0.119 e. The summed E-state index contributed by atoms with van der Waals surface area (Å²) in [4.78, 5) is 4.46. The summed E-state index contributed by atoms with van der Waals surface area (Å²) < 4.78 is 5.35. The van der Waals surface area contributed by atoms with Gasteiger partial charge in [0.15, 0.2) is 0 Å². The molecule has 1 aliphatic rings. The summed E-state index contributed by atoms with van der Waals surface area (Å²) in [5, 5.41) is 7.05. The number of hydrogen-bond donors (Lipinski definition) is 1. The molecule has 4 heteroatoms. The van der Waals surface area contributed by atoms with Gasteiger partial charge in [0.1, 0.15) is 10.8 Å². The van der Waals surface area contributed by atoms with E-state index in [2.05, 4.69) is 40.8 Å². The number of nitrogens with one attached hydrogen (secondary N) is 1. The summed E-state index contributed by atoms with van der Waals surface area (Å²) in [6, 6.07) is 7.37. The lowest BCUT2D eigenvalue weighted by Crippen LogP contribution is -2.37. The third-order valence-corrected chi connectivity index (χ3v) is 5.13. The van der Waals surface area contributed by atoms with E-state index >= 15 is 0 Å². The molecule has 3 nitrogen and oxygen atoms in total. The second kappa shape index (κ2) is 6.58. The van der Waals surface area contributed by atoms with Crippen molar-refractivity contribution in [3.63, 3.8) is 0 Å². The summed E-state index contributed by atoms with van der Waals surface area (Å²) in [5.41, 5.74) is 2.89. The third-order valence-electron chi connectivity index (χ3n) is 4.24. The molecule has 0 fully saturated rings. The van der Waals surface area contributed by atoms with E-state index in [1.807, 2.05) is 6.20 Å². The molecular weight excluding hydrogens is 280 g/mol. The molecule has 2 unspecified atom stereocenters. The number of hydrogen-bond acceptors (Lipinski definition) is 4. The van der Waals surface area contributed by atoms with Gasteiger partial charge in [0.2, 0.25) is 0 Å². The molecule has 2 atom stereocenters. The molecule has 1 aromatic heterocycles. The highest BCUT2D eigenvalue weighted by Crippen LogP contribution is 2.28. The lowest BCUT2D eigenvalue weighted by Gasteiger charge is -2.29. The normalized spacial score (nSPS) is 19.0. The maximum atomic E-state index is 5.35. The van der Waals surface area contributed by atoms with E-state index in [4.69, 9.17) is 4.74 Å². The first-order valence-corrected chi connectivity index (χ1v) is 8.49. The van der Waals surface area contributed by atoms with Gasteiger partial charge in [0, 0.05) is 17.6 Å². The summed E-state index contributed by atoms with van der Waals surface area (Å²) in [5.74, 6) is 0.960. The van der Waals surface area contributed by atoms with Crippen molar-refractivity contribution in [3.8, 4) is 5.75 Å². The van der Waals surface area contributed by atoms with E-state index in [1.54, 1.807) is 18.4 Å². The van der Waals surface area contributed by atoms with Crippen molar-refractivity contribution in [1.82, 2.24) is 10.3 Å². The van der Waals surface area contributed by atoms with Crippen LogP contribution in [0.3, 0.4) is 0 Å². The van der Waals surface area contributed by atoms with Crippen LogP contribution in [0.4, 0.5) is 0 Å². The number of nitrogens with zero attached hydrogens (tertiary/aromatic N) is 1. The second-order valence-corrected chi connectivity index (χ2v) is 6.50. The van der Waals surface area contributed by atoms with Gasteiger partial charge >= 0.3 is 0 Å². The Labute approximate surface area is 130 Å². The molecule has 0 aliphatic heterocycles. The number of ether oxygens (including phenoxy) is 1. The average Bonchev–Trinajstić information content (AvgIpc) is 3.06. The highest BCUT2D eigenvalue weighted by Gasteiger charge is 2.22. The molecule has 1 N–H and O–H groups in total. The predicted octanol–water partition coefficient (Wildman–Crippen LogP) is 3.75. The maximum absolute atomic E-state index is 5.35. The summed E-state index contributed by atoms with van der Waals surface area (Å²) in [6.45, 7) is 2.22. The Morgan fingerprint density at radius 1 is 1.43 bits per heavy atom. The topological polar surface area (TPSA) is 34.1 Å². The molecule has 1 heterocycles. The summed E-state index contributed by atoms with van der Waals surface area (Å²) >= 11 is 1.74. The molecule has 21 heavy (non-hydrogen) atoms. The number of aryl methyl sites for hydroxylation is 1. The molecule has 1 aliphatic carbocycles. The van der Waals surface area contributed by atoms with Crippen molar-refractivity contribution in [2.45, 2.75) is 44.7 Å². The molecule has 0 amide bonds. The van der Waals surface area contributed by atoms with E-state index in [9.17, 15) is 0 Å². The number of methoxy groups -OCH3 is 1. The fourth-order valence-electron chi connectivity index (χ4n) is 3.06. The predicted molar refractivity (Wildman–Crippen MR) is 87.1 cm³/mol. The standard InChI is InChI=1S/C17H22N2OS/c1-3-16(17-18-8-9-21-17)19-14-6-4-12-5-7-15(20-2)11-13(12)10-14/h5,7-9,11,14,16,19H,3-4,6,10H2,1-2H3. The van der Waals surface area contributed by atoms with Crippen molar-refractivity contribution in [3.05, 3.63) is 45.9 Å². The average molecular weight is 302 g/mol. The molecule has 0 radical (unpaired) electrons. The minimum atomic E-state index is 0.377. The second-order valence-electron chi connectivity index (χ2n) is 5.57. The van der Waals surface area contributed by atoms with E-state index in [-0.39, 0.29) is 0 Å². The van der Waals surface area contributed by atoms with Gasteiger partial charge in [-0.15, -0.1) is 11.3 Å². The molecule has 3 rings (SSSR count). The SMILES string of the molecule is CCC(NC1CCc2ccc(OC)cc2C1)c1nccs1. The number of aromatic nitrogens is 1. The van der Waals surface area contributed by atoms with Crippen LogP contribution in [0.15, 0.2) is 29.8 Å². The van der Waals surface area contributed by atoms with Crippen LogP contribution in [-0.4, -0.2) is 18.1 Å². The zero-order chi connectivity index (χ0) is 14.7. The molecule has 0 saturated heterocycles. The lowest BCUT2D eigenvalue weighted by molar-refractivity contribution is 0.387. The Balaban J connectivity index is 1.70. The van der Waals surface area contributed by atoms with Crippen molar-refractivity contribution < 1.29 is 4.74 Å². The van der Waals surface area contributed by atoms with E-state index < -0.39 is 0 Å². The Morgan fingerprint density at radius 3 is 3.05 bits per heavy atom. The zero-order valence-electron chi connectivity index (χ0n) is 12.6. The molecule has 0 spiro atoms.